The third kappa shape index (κ3) is 4.66. The SMILES string of the molecule is Cn1c(-c2ccc(Cl)cc2)cnc1SCC(=O)Nc1cccc([N+](=O)[O-])c1. The molecule has 0 fully saturated rings. The lowest BCUT2D eigenvalue weighted by molar-refractivity contribution is -0.384. The number of hydrogen-bond donors (Lipinski definition) is 1. The number of nitrogens with one attached hydrogen (secondary N) is 1. The van der Waals surface area contributed by atoms with E-state index in [1.54, 1.807) is 12.3 Å². The van der Waals surface area contributed by atoms with Crippen LogP contribution in [0.25, 0.3) is 11.3 Å². The molecule has 2 aromatic carbocycles. The van der Waals surface area contributed by atoms with E-state index in [4.69, 9.17) is 11.6 Å². The van der Waals surface area contributed by atoms with E-state index < -0.39 is 4.92 Å². The molecule has 0 atom stereocenters. The zero-order valence-corrected chi connectivity index (χ0v) is 15.8. The topological polar surface area (TPSA) is 90.1 Å². The second kappa shape index (κ2) is 8.24. The van der Waals surface area contributed by atoms with Gasteiger partial charge in [-0.2, -0.15) is 0 Å². The molecule has 0 unspecified atom stereocenters. The normalized spacial score (nSPS) is 10.6. The van der Waals surface area contributed by atoms with Gasteiger partial charge in [0.25, 0.3) is 5.69 Å². The summed E-state index contributed by atoms with van der Waals surface area (Å²) in [4.78, 5) is 26.8. The standard InChI is InChI=1S/C18H15ClN4O3S/c1-22-16(12-5-7-13(19)8-6-12)10-20-18(22)27-11-17(24)21-14-3-2-4-15(9-14)23(25)26/h2-10H,11H2,1H3,(H,21,24). The summed E-state index contributed by atoms with van der Waals surface area (Å²) in [5, 5.41) is 14.8. The summed E-state index contributed by atoms with van der Waals surface area (Å²) < 4.78 is 1.90. The lowest BCUT2D eigenvalue weighted by Crippen LogP contribution is -2.14. The van der Waals surface area contributed by atoms with Crippen LogP contribution < -0.4 is 5.32 Å². The Hall–Kier alpha value is -2.84. The van der Waals surface area contributed by atoms with Crippen molar-refractivity contribution >= 4 is 40.6 Å². The van der Waals surface area contributed by atoms with Crippen molar-refractivity contribution in [1.29, 1.82) is 0 Å². The van der Waals surface area contributed by atoms with E-state index in [0.717, 1.165) is 11.3 Å². The molecule has 0 saturated heterocycles. The first kappa shape index (κ1) is 18.9. The average molecular weight is 403 g/mol. The van der Waals surface area contributed by atoms with Gasteiger partial charge in [0.05, 0.1) is 22.6 Å². The van der Waals surface area contributed by atoms with Crippen molar-refractivity contribution in [3.05, 3.63) is 69.9 Å². The van der Waals surface area contributed by atoms with E-state index in [2.05, 4.69) is 10.3 Å². The van der Waals surface area contributed by atoms with Crippen molar-refractivity contribution in [3.8, 4) is 11.3 Å². The number of aromatic nitrogens is 2. The predicted molar refractivity (Wildman–Crippen MR) is 106 cm³/mol. The van der Waals surface area contributed by atoms with Gasteiger partial charge in [0.1, 0.15) is 0 Å². The van der Waals surface area contributed by atoms with Crippen LogP contribution in [0.5, 0.6) is 0 Å². The Morgan fingerprint density at radius 1 is 1.30 bits per heavy atom. The number of halogens is 1. The van der Waals surface area contributed by atoms with Crippen molar-refractivity contribution < 1.29 is 9.72 Å². The third-order valence-corrected chi connectivity index (χ3v) is 5.05. The number of rotatable bonds is 6. The van der Waals surface area contributed by atoms with Gasteiger partial charge < -0.3 is 9.88 Å². The number of anilines is 1. The summed E-state index contributed by atoms with van der Waals surface area (Å²) in [6.45, 7) is 0. The second-order valence-corrected chi connectivity index (χ2v) is 7.02. The summed E-state index contributed by atoms with van der Waals surface area (Å²) >= 11 is 7.20. The molecule has 0 aliphatic rings. The van der Waals surface area contributed by atoms with E-state index in [0.29, 0.717) is 15.9 Å². The summed E-state index contributed by atoms with van der Waals surface area (Å²) in [6.07, 6.45) is 1.74. The summed E-state index contributed by atoms with van der Waals surface area (Å²) in [6, 6.07) is 13.3. The molecule has 0 aliphatic carbocycles. The zero-order chi connectivity index (χ0) is 19.4. The number of amides is 1. The molecule has 1 amide bonds. The van der Waals surface area contributed by atoms with Crippen molar-refractivity contribution in [2.45, 2.75) is 5.16 Å². The summed E-state index contributed by atoms with van der Waals surface area (Å²) in [5.74, 6) is -0.135. The molecular formula is C18H15ClN4O3S. The first-order valence-electron chi connectivity index (χ1n) is 7.89. The van der Waals surface area contributed by atoms with E-state index in [-0.39, 0.29) is 17.3 Å². The number of hydrogen-bond acceptors (Lipinski definition) is 5. The van der Waals surface area contributed by atoms with Crippen LogP contribution in [0.4, 0.5) is 11.4 Å². The molecule has 0 radical (unpaired) electrons. The number of nitro groups is 1. The molecular weight excluding hydrogens is 388 g/mol. The molecule has 1 heterocycles. The van der Waals surface area contributed by atoms with Crippen LogP contribution in [0, 0.1) is 10.1 Å². The van der Waals surface area contributed by atoms with E-state index in [9.17, 15) is 14.9 Å². The maximum Gasteiger partial charge on any atom is 0.271 e. The van der Waals surface area contributed by atoms with Crippen LogP contribution in [0.1, 0.15) is 0 Å². The fourth-order valence-corrected chi connectivity index (χ4v) is 3.32. The molecule has 138 valence electrons. The van der Waals surface area contributed by atoms with E-state index in [1.807, 2.05) is 35.9 Å². The second-order valence-electron chi connectivity index (χ2n) is 5.64. The third-order valence-electron chi connectivity index (χ3n) is 3.76. The Morgan fingerprint density at radius 2 is 2.04 bits per heavy atom. The lowest BCUT2D eigenvalue weighted by Gasteiger charge is -2.07. The predicted octanol–water partition coefficient (Wildman–Crippen LogP) is 4.38. The van der Waals surface area contributed by atoms with Gasteiger partial charge in [0.2, 0.25) is 5.91 Å². The molecule has 1 N–H and O–H groups in total. The van der Waals surface area contributed by atoms with Gasteiger partial charge in [0, 0.05) is 29.9 Å². The van der Waals surface area contributed by atoms with Crippen LogP contribution >= 0.6 is 23.4 Å². The Morgan fingerprint density at radius 3 is 2.74 bits per heavy atom. The molecule has 0 bridgehead atoms. The number of thioether (sulfide) groups is 1. The highest BCUT2D eigenvalue weighted by molar-refractivity contribution is 7.99. The summed E-state index contributed by atoms with van der Waals surface area (Å²) in [7, 11) is 1.87. The number of carbonyl (C=O) groups is 1. The van der Waals surface area contributed by atoms with Gasteiger partial charge in [-0.15, -0.1) is 0 Å². The largest absolute Gasteiger partial charge is 0.325 e. The van der Waals surface area contributed by atoms with Crippen molar-refractivity contribution in [2.24, 2.45) is 7.05 Å². The number of imidazole rings is 1. The van der Waals surface area contributed by atoms with E-state index in [1.165, 1.54) is 30.0 Å². The first-order chi connectivity index (χ1) is 12.9. The van der Waals surface area contributed by atoms with Crippen LogP contribution in [-0.4, -0.2) is 26.1 Å². The Labute approximate surface area is 164 Å². The van der Waals surface area contributed by atoms with Crippen molar-refractivity contribution in [2.75, 3.05) is 11.1 Å². The lowest BCUT2D eigenvalue weighted by atomic mass is 10.2. The number of benzene rings is 2. The van der Waals surface area contributed by atoms with Crippen molar-refractivity contribution in [3.63, 3.8) is 0 Å². The number of carbonyl (C=O) groups excluding carboxylic acids is 1. The maximum atomic E-state index is 12.1. The van der Waals surface area contributed by atoms with Gasteiger partial charge in [-0.25, -0.2) is 4.98 Å². The molecule has 27 heavy (non-hydrogen) atoms. The molecule has 7 nitrogen and oxygen atoms in total. The smallest absolute Gasteiger partial charge is 0.271 e. The highest BCUT2D eigenvalue weighted by Gasteiger charge is 2.12. The fraction of sp³-hybridized carbons (Fsp3) is 0.111. The minimum Gasteiger partial charge on any atom is -0.325 e. The van der Waals surface area contributed by atoms with Gasteiger partial charge >= 0.3 is 0 Å². The molecule has 9 heteroatoms. The maximum absolute atomic E-state index is 12.1. The molecule has 0 aliphatic heterocycles. The van der Waals surface area contributed by atoms with Crippen LogP contribution in [0.3, 0.4) is 0 Å². The molecule has 0 saturated carbocycles. The molecule has 3 rings (SSSR count). The quantitative estimate of drug-likeness (QED) is 0.375. The monoisotopic (exact) mass is 402 g/mol. The summed E-state index contributed by atoms with van der Waals surface area (Å²) in [5.41, 5.74) is 2.20. The Bertz CT molecular complexity index is 989. The number of nitro benzene ring substituents is 1. The molecule has 0 spiro atoms. The Kier molecular flexibility index (Phi) is 5.78. The van der Waals surface area contributed by atoms with E-state index >= 15 is 0 Å². The number of non-ortho nitro benzene ring substituents is 1. The van der Waals surface area contributed by atoms with Crippen LogP contribution in [0.2, 0.25) is 5.02 Å². The minimum absolute atomic E-state index is 0.0721. The molecule has 1 aromatic heterocycles. The van der Waals surface area contributed by atoms with Gasteiger partial charge in [-0.05, 0) is 23.8 Å². The highest BCUT2D eigenvalue weighted by Crippen LogP contribution is 2.26. The first-order valence-corrected chi connectivity index (χ1v) is 9.25. The minimum atomic E-state index is -0.503. The Balaban J connectivity index is 1.63. The van der Waals surface area contributed by atoms with Gasteiger partial charge in [0.15, 0.2) is 5.16 Å². The molecule has 3 aromatic rings. The highest BCUT2D eigenvalue weighted by atomic mass is 35.5. The van der Waals surface area contributed by atoms with Crippen molar-refractivity contribution in [1.82, 2.24) is 9.55 Å². The van der Waals surface area contributed by atoms with Gasteiger partial charge in [-0.1, -0.05) is 41.6 Å². The zero-order valence-electron chi connectivity index (χ0n) is 14.3. The van der Waals surface area contributed by atoms with Crippen LogP contribution in [0.15, 0.2) is 59.9 Å². The van der Waals surface area contributed by atoms with Crippen LogP contribution in [-0.2, 0) is 11.8 Å². The fourth-order valence-electron chi connectivity index (χ4n) is 2.44. The average Bonchev–Trinajstić information content (AvgIpc) is 3.01. The van der Waals surface area contributed by atoms with Gasteiger partial charge in [-0.3, -0.25) is 14.9 Å². The number of nitrogens with zero attached hydrogens (tertiary/aromatic N) is 3.